The molecule has 0 amide bonds. The highest BCUT2D eigenvalue weighted by molar-refractivity contribution is 7.80. The normalized spacial score (nSPS) is 10.1. The first kappa shape index (κ1) is 25.6. The lowest BCUT2D eigenvalue weighted by Gasteiger charge is -2.05. The molecule has 164 valence electrons. The van der Waals surface area contributed by atoms with Crippen LogP contribution >= 0.6 is 12.2 Å². The smallest absolute Gasteiger partial charge is 0.354 e. The Balaban J connectivity index is 0.000000300. The molecule has 0 aliphatic carbocycles. The molecule has 0 saturated carbocycles. The second-order valence-electron chi connectivity index (χ2n) is 6.72. The van der Waals surface area contributed by atoms with Gasteiger partial charge in [-0.2, -0.15) is 0 Å². The van der Waals surface area contributed by atoms with Crippen molar-refractivity contribution in [1.82, 2.24) is 9.97 Å². The SMILES string of the molecule is CCCCc1ccc(C(=S)OCN)nc1.CCCCc1cnc(C(=O)O)c(CN)c1. The van der Waals surface area contributed by atoms with Crippen LogP contribution in [0, 0.1) is 0 Å². The molecule has 0 saturated heterocycles. The van der Waals surface area contributed by atoms with Gasteiger partial charge in [0.1, 0.15) is 12.4 Å². The second kappa shape index (κ2) is 14.5. The lowest BCUT2D eigenvalue weighted by molar-refractivity contribution is 0.0689. The van der Waals surface area contributed by atoms with Gasteiger partial charge in [-0.1, -0.05) is 38.8 Å². The first-order chi connectivity index (χ1) is 14.5. The number of unbranched alkanes of at least 4 members (excludes halogenated alkanes) is 2. The average Bonchev–Trinajstić information content (AvgIpc) is 2.76. The minimum atomic E-state index is -1.02. The van der Waals surface area contributed by atoms with Crippen molar-refractivity contribution in [2.24, 2.45) is 11.5 Å². The molecule has 0 bridgehead atoms. The van der Waals surface area contributed by atoms with E-state index in [2.05, 4.69) is 23.8 Å². The molecule has 8 heteroatoms. The molecule has 2 rings (SSSR count). The molecular weight excluding hydrogens is 400 g/mol. The Labute approximate surface area is 183 Å². The molecule has 0 fully saturated rings. The van der Waals surface area contributed by atoms with Crippen molar-refractivity contribution in [3.05, 3.63) is 58.7 Å². The Bertz CT molecular complexity index is 797. The molecule has 30 heavy (non-hydrogen) atoms. The summed E-state index contributed by atoms with van der Waals surface area (Å²) in [5.41, 5.74) is 14.3. The summed E-state index contributed by atoms with van der Waals surface area (Å²) >= 11 is 4.99. The van der Waals surface area contributed by atoms with Gasteiger partial charge >= 0.3 is 5.97 Å². The van der Waals surface area contributed by atoms with Crippen LogP contribution in [0.5, 0.6) is 0 Å². The predicted molar refractivity (Wildman–Crippen MR) is 122 cm³/mol. The van der Waals surface area contributed by atoms with E-state index in [0.717, 1.165) is 31.2 Å². The molecule has 0 aliphatic rings. The highest BCUT2D eigenvalue weighted by Crippen LogP contribution is 2.11. The zero-order chi connectivity index (χ0) is 22.4. The van der Waals surface area contributed by atoms with E-state index in [-0.39, 0.29) is 19.0 Å². The van der Waals surface area contributed by atoms with Crippen molar-refractivity contribution >= 4 is 23.2 Å². The fourth-order valence-corrected chi connectivity index (χ4v) is 2.84. The van der Waals surface area contributed by atoms with Crippen molar-refractivity contribution in [3.8, 4) is 0 Å². The summed E-state index contributed by atoms with van der Waals surface area (Å²) in [5.74, 6) is -1.02. The number of aromatic nitrogens is 2. The van der Waals surface area contributed by atoms with Crippen molar-refractivity contribution < 1.29 is 14.6 Å². The highest BCUT2D eigenvalue weighted by atomic mass is 32.1. The third kappa shape index (κ3) is 8.94. The molecule has 0 aromatic carbocycles. The monoisotopic (exact) mass is 432 g/mol. The van der Waals surface area contributed by atoms with Gasteiger partial charge in [0.2, 0.25) is 5.05 Å². The lowest BCUT2D eigenvalue weighted by atomic mass is 10.1. The number of carbonyl (C=O) groups is 1. The summed E-state index contributed by atoms with van der Waals surface area (Å²) in [6.45, 7) is 4.60. The number of rotatable bonds is 10. The minimum Gasteiger partial charge on any atom is -0.477 e. The quantitative estimate of drug-likeness (QED) is 0.384. The molecule has 0 spiro atoms. The number of aryl methyl sites for hydroxylation is 2. The molecule has 7 nitrogen and oxygen atoms in total. The summed E-state index contributed by atoms with van der Waals surface area (Å²) in [7, 11) is 0. The third-order valence-electron chi connectivity index (χ3n) is 4.33. The number of carboxylic acid groups (broad SMARTS) is 1. The first-order valence-electron chi connectivity index (χ1n) is 10.2. The van der Waals surface area contributed by atoms with Crippen LogP contribution in [0.3, 0.4) is 0 Å². The van der Waals surface area contributed by atoms with Gasteiger partial charge in [-0.15, -0.1) is 0 Å². The van der Waals surface area contributed by atoms with Crippen LogP contribution in [0.2, 0.25) is 0 Å². The first-order valence-corrected chi connectivity index (χ1v) is 10.6. The summed E-state index contributed by atoms with van der Waals surface area (Å²) in [4.78, 5) is 18.9. The number of carboxylic acids is 1. The van der Waals surface area contributed by atoms with Gasteiger partial charge in [0.15, 0.2) is 5.69 Å². The van der Waals surface area contributed by atoms with Crippen LogP contribution in [0.1, 0.15) is 72.4 Å². The standard InChI is InChI=1S/C11H16N2O2.C11H16N2OS/c1-2-3-4-8-5-9(6-12)10(11(14)15)13-7-8;1-2-3-4-9-5-6-10(13-7-9)11(15)14-8-12/h5,7H,2-4,6,12H2,1H3,(H,14,15);5-7H,2-4,8,12H2,1H3. The predicted octanol–water partition coefficient (Wildman–Crippen LogP) is 3.61. The highest BCUT2D eigenvalue weighted by Gasteiger charge is 2.11. The summed E-state index contributed by atoms with van der Waals surface area (Å²) in [6.07, 6.45) is 10.0. The van der Waals surface area contributed by atoms with Crippen LogP contribution in [-0.4, -0.2) is 32.8 Å². The number of thiocarbonyl (C=S) groups is 1. The number of aromatic carboxylic acids is 1. The molecular formula is C22H32N4O3S. The molecule has 0 aliphatic heterocycles. The van der Waals surface area contributed by atoms with Crippen molar-refractivity contribution in [2.45, 2.75) is 58.9 Å². The van der Waals surface area contributed by atoms with E-state index in [1.165, 1.54) is 18.4 Å². The maximum absolute atomic E-state index is 10.8. The van der Waals surface area contributed by atoms with E-state index in [1.807, 2.05) is 24.4 Å². The average molecular weight is 433 g/mol. The molecule has 2 heterocycles. The maximum Gasteiger partial charge on any atom is 0.354 e. The Morgan fingerprint density at radius 3 is 2.20 bits per heavy atom. The minimum absolute atomic E-state index is 0.0674. The number of nitrogens with two attached hydrogens (primary N) is 2. The Morgan fingerprint density at radius 1 is 1.07 bits per heavy atom. The number of hydrogen-bond acceptors (Lipinski definition) is 7. The molecule has 5 N–H and O–H groups in total. The van der Waals surface area contributed by atoms with Gasteiger partial charge in [-0.25, -0.2) is 9.78 Å². The molecule has 2 aromatic heterocycles. The third-order valence-corrected chi connectivity index (χ3v) is 4.66. The van der Waals surface area contributed by atoms with E-state index in [4.69, 9.17) is 33.5 Å². The van der Waals surface area contributed by atoms with Crippen LogP contribution in [-0.2, 0) is 24.1 Å². The van der Waals surface area contributed by atoms with Gasteiger partial charge in [-0.3, -0.25) is 10.7 Å². The second-order valence-corrected chi connectivity index (χ2v) is 7.09. The van der Waals surface area contributed by atoms with Gasteiger partial charge in [-0.05, 0) is 60.7 Å². The largest absolute Gasteiger partial charge is 0.477 e. The van der Waals surface area contributed by atoms with E-state index in [9.17, 15) is 4.79 Å². The zero-order valence-corrected chi connectivity index (χ0v) is 18.6. The van der Waals surface area contributed by atoms with Gasteiger partial charge in [0.05, 0.1) is 0 Å². The van der Waals surface area contributed by atoms with Crippen molar-refractivity contribution in [2.75, 3.05) is 6.73 Å². The number of pyridine rings is 2. The lowest BCUT2D eigenvalue weighted by Crippen LogP contribution is -2.12. The van der Waals surface area contributed by atoms with Crippen molar-refractivity contribution in [3.63, 3.8) is 0 Å². The Kier molecular flexibility index (Phi) is 12.4. The van der Waals surface area contributed by atoms with Gasteiger partial charge in [0, 0.05) is 18.9 Å². The molecule has 0 atom stereocenters. The maximum atomic E-state index is 10.8. The fraction of sp³-hybridized carbons (Fsp3) is 0.455. The van der Waals surface area contributed by atoms with Crippen LogP contribution in [0.15, 0.2) is 30.6 Å². The summed E-state index contributed by atoms with van der Waals surface area (Å²) < 4.78 is 5.00. The number of nitrogens with zero attached hydrogens (tertiary/aromatic N) is 2. The van der Waals surface area contributed by atoms with Crippen LogP contribution in [0.4, 0.5) is 0 Å². The van der Waals surface area contributed by atoms with E-state index < -0.39 is 5.97 Å². The molecule has 0 unspecified atom stereocenters. The fourth-order valence-electron chi connectivity index (χ4n) is 2.65. The Hall–Kier alpha value is -2.42. The summed E-state index contributed by atoms with van der Waals surface area (Å²) in [6, 6.07) is 5.75. The topological polar surface area (TPSA) is 124 Å². The summed E-state index contributed by atoms with van der Waals surface area (Å²) in [5, 5.41) is 9.21. The van der Waals surface area contributed by atoms with Crippen LogP contribution in [0.25, 0.3) is 0 Å². The molecule has 0 radical (unpaired) electrons. The zero-order valence-electron chi connectivity index (χ0n) is 17.8. The van der Waals surface area contributed by atoms with E-state index in [1.54, 1.807) is 6.20 Å². The number of hydrogen-bond donors (Lipinski definition) is 3. The van der Waals surface area contributed by atoms with Crippen molar-refractivity contribution in [1.29, 1.82) is 0 Å². The van der Waals surface area contributed by atoms with Gasteiger partial charge < -0.3 is 15.6 Å². The molecule has 2 aromatic rings. The van der Waals surface area contributed by atoms with Crippen LogP contribution < -0.4 is 11.5 Å². The number of ether oxygens (including phenoxy) is 1. The Morgan fingerprint density at radius 2 is 1.70 bits per heavy atom. The van der Waals surface area contributed by atoms with Gasteiger partial charge in [0.25, 0.3) is 0 Å². The van der Waals surface area contributed by atoms with E-state index >= 15 is 0 Å². The van der Waals surface area contributed by atoms with E-state index in [0.29, 0.717) is 16.3 Å².